The fraction of sp³-hybridized carbons (Fsp3) is 0.143. The molecule has 0 heterocycles. The Bertz CT molecular complexity index is 477. The van der Waals surface area contributed by atoms with Crippen LogP contribution in [0.25, 0.3) is 0 Å². The van der Waals surface area contributed by atoms with Crippen molar-refractivity contribution in [3.63, 3.8) is 0 Å². The first-order valence-electron chi connectivity index (χ1n) is 5.44. The largest absolute Gasteiger partial charge is 0.457 e. The van der Waals surface area contributed by atoms with E-state index in [0.717, 1.165) is 17.1 Å². The molecule has 0 amide bonds. The van der Waals surface area contributed by atoms with Gasteiger partial charge in [0.25, 0.3) is 0 Å². The molecule has 0 aliphatic carbocycles. The number of hydrogen-bond acceptors (Lipinski definition) is 2. The highest BCUT2D eigenvalue weighted by Crippen LogP contribution is 2.23. The van der Waals surface area contributed by atoms with Crippen LogP contribution in [0.2, 0.25) is 0 Å². The molecule has 0 radical (unpaired) electrons. The van der Waals surface area contributed by atoms with E-state index in [4.69, 9.17) is 10.5 Å². The molecule has 1 atom stereocenters. The second kappa shape index (κ2) is 5.51. The van der Waals surface area contributed by atoms with Crippen molar-refractivity contribution in [2.45, 2.75) is 13.0 Å². The van der Waals surface area contributed by atoms with E-state index in [1.165, 1.54) is 3.57 Å². The van der Waals surface area contributed by atoms with Crippen LogP contribution in [-0.4, -0.2) is 0 Å². The van der Waals surface area contributed by atoms with Crippen molar-refractivity contribution in [2.24, 2.45) is 5.73 Å². The third-order valence-electron chi connectivity index (χ3n) is 2.46. The average Bonchev–Trinajstić information content (AvgIpc) is 2.33. The molecule has 0 aromatic heterocycles. The fourth-order valence-electron chi connectivity index (χ4n) is 1.48. The molecular weight excluding hydrogens is 325 g/mol. The lowest BCUT2D eigenvalue weighted by Gasteiger charge is -2.08. The maximum absolute atomic E-state index is 5.79. The summed E-state index contributed by atoms with van der Waals surface area (Å²) in [6.45, 7) is 1.97. The SMILES string of the molecule is CC(N)c1ccc(Oc2ccc(I)cc2)cc1. The minimum atomic E-state index is 0.0577. The van der Waals surface area contributed by atoms with Gasteiger partial charge in [-0.3, -0.25) is 0 Å². The van der Waals surface area contributed by atoms with Gasteiger partial charge in [-0.2, -0.15) is 0 Å². The van der Waals surface area contributed by atoms with Crippen LogP contribution in [-0.2, 0) is 0 Å². The van der Waals surface area contributed by atoms with E-state index >= 15 is 0 Å². The van der Waals surface area contributed by atoms with Crippen molar-refractivity contribution in [1.29, 1.82) is 0 Å². The predicted molar refractivity (Wildman–Crippen MR) is 78.3 cm³/mol. The van der Waals surface area contributed by atoms with Crippen molar-refractivity contribution in [3.05, 3.63) is 57.7 Å². The summed E-state index contributed by atoms with van der Waals surface area (Å²) in [6, 6.07) is 15.9. The second-order valence-corrected chi connectivity index (χ2v) is 5.16. The van der Waals surface area contributed by atoms with Gasteiger partial charge in [0.2, 0.25) is 0 Å². The Labute approximate surface area is 115 Å². The zero-order valence-corrected chi connectivity index (χ0v) is 11.7. The van der Waals surface area contributed by atoms with Gasteiger partial charge in [-0.25, -0.2) is 0 Å². The van der Waals surface area contributed by atoms with Gasteiger partial charge in [-0.15, -0.1) is 0 Å². The highest BCUT2D eigenvalue weighted by atomic mass is 127. The van der Waals surface area contributed by atoms with Gasteiger partial charge in [0.1, 0.15) is 11.5 Å². The summed E-state index contributed by atoms with van der Waals surface area (Å²) in [5, 5.41) is 0. The molecule has 2 aromatic rings. The zero-order chi connectivity index (χ0) is 12.3. The maximum atomic E-state index is 5.79. The monoisotopic (exact) mass is 339 g/mol. The van der Waals surface area contributed by atoms with E-state index in [9.17, 15) is 0 Å². The highest BCUT2D eigenvalue weighted by Gasteiger charge is 2.00. The summed E-state index contributed by atoms with van der Waals surface area (Å²) < 4.78 is 6.92. The van der Waals surface area contributed by atoms with Gasteiger partial charge < -0.3 is 10.5 Å². The molecule has 0 spiro atoms. The first-order valence-corrected chi connectivity index (χ1v) is 6.52. The van der Waals surface area contributed by atoms with Gasteiger partial charge in [0.15, 0.2) is 0 Å². The number of rotatable bonds is 3. The van der Waals surface area contributed by atoms with Crippen LogP contribution in [0, 0.1) is 3.57 Å². The highest BCUT2D eigenvalue weighted by molar-refractivity contribution is 14.1. The summed E-state index contributed by atoms with van der Waals surface area (Å²) in [5.74, 6) is 1.68. The lowest BCUT2D eigenvalue weighted by molar-refractivity contribution is 0.482. The molecular formula is C14H14INO. The van der Waals surface area contributed by atoms with Crippen molar-refractivity contribution in [2.75, 3.05) is 0 Å². The molecule has 1 unspecified atom stereocenters. The van der Waals surface area contributed by atoms with Gasteiger partial charge in [0, 0.05) is 9.61 Å². The zero-order valence-electron chi connectivity index (χ0n) is 9.56. The van der Waals surface area contributed by atoms with Gasteiger partial charge >= 0.3 is 0 Å². The third kappa shape index (κ3) is 3.44. The number of hydrogen-bond donors (Lipinski definition) is 1. The molecule has 3 heteroatoms. The van der Waals surface area contributed by atoms with Crippen LogP contribution in [0.1, 0.15) is 18.5 Å². The Balaban J connectivity index is 2.11. The van der Waals surface area contributed by atoms with Crippen molar-refractivity contribution >= 4 is 22.6 Å². The maximum Gasteiger partial charge on any atom is 0.127 e. The van der Waals surface area contributed by atoms with Crippen LogP contribution in [0.15, 0.2) is 48.5 Å². The fourth-order valence-corrected chi connectivity index (χ4v) is 1.84. The molecule has 0 saturated heterocycles. The van der Waals surface area contributed by atoms with Crippen molar-refractivity contribution in [1.82, 2.24) is 0 Å². The van der Waals surface area contributed by atoms with E-state index in [0.29, 0.717) is 0 Å². The minimum Gasteiger partial charge on any atom is -0.457 e. The Kier molecular flexibility index (Phi) is 4.02. The second-order valence-electron chi connectivity index (χ2n) is 3.91. The lowest BCUT2D eigenvalue weighted by atomic mass is 10.1. The topological polar surface area (TPSA) is 35.2 Å². The summed E-state index contributed by atoms with van der Waals surface area (Å²) in [6.07, 6.45) is 0. The standard InChI is InChI=1S/C14H14INO/c1-10(16)11-2-6-13(7-3-11)17-14-8-4-12(15)5-9-14/h2-10H,16H2,1H3. The van der Waals surface area contributed by atoms with Crippen molar-refractivity contribution < 1.29 is 4.74 Å². The van der Waals surface area contributed by atoms with E-state index < -0.39 is 0 Å². The molecule has 2 nitrogen and oxygen atoms in total. The quantitative estimate of drug-likeness (QED) is 0.855. The number of nitrogens with two attached hydrogens (primary N) is 1. The molecule has 0 fully saturated rings. The molecule has 0 bridgehead atoms. The molecule has 17 heavy (non-hydrogen) atoms. The van der Waals surface area contributed by atoms with Gasteiger partial charge in [0.05, 0.1) is 0 Å². The Morgan fingerprint density at radius 3 is 1.88 bits per heavy atom. The van der Waals surface area contributed by atoms with Crippen LogP contribution >= 0.6 is 22.6 Å². The normalized spacial score (nSPS) is 12.2. The first kappa shape index (κ1) is 12.4. The van der Waals surface area contributed by atoms with E-state index in [-0.39, 0.29) is 6.04 Å². The summed E-state index contributed by atoms with van der Waals surface area (Å²) in [4.78, 5) is 0. The van der Waals surface area contributed by atoms with E-state index in [1.807, 2.05) is 55.5 Å². The Morgan fingerprint density at radius 1 is 0.941 bits per heavy atom. The number of ether oxygens (including phenoxy) is 1. The molecule has 2 rings (SSSR count). The minimum absolute atomic E-state index is 0.0577. The third-order valence-corrected chi connectivity index (χ3v) is 3.17. The number of halogens is 1. The summed E-state index contributed by atoms with van der Waals surface area (Å²) in [7, 11) is 0. The lowest BCUT2D eigenvalue weighted by Crippen LogP contribution is -2.04. The molecule has 2 N–H and O–H groups in total. The summed E-state index contributed by atoms with van der Waals surface area (Å²) in [5.41, 5.74) is 6.90. The molecule has 0 saturated carbocycles. The van der Waals surface area contributed by atoms with E-state index in [2.05, 4.69) is 22.6 Å². The molecule has 0 aliphatic heterocycles. The molecule has 88 valence electrons. The number of benzene rings is 2. The Morgan fingerprint density at radius 2 is 1.41 bits per heavy atom. The first-order chi connectivity index (χ1) is 8.15. The van der Waals surface area contributed by atoms with Gasteiger partial charge in [-0.1, -0.05) is 12.1 Å². The van der Waals surface area contributed by atoms with Crippen LogP contribution in [0.3, 0.4) is 0 Å². The van der Waals surface area contributed by atoms with E-state index in [1.54, 1.807) is 0 Å². The Hall–Kier alpha value is -1.07. The van der Waals surface area contributed by atoms with Crippen LogP contribution < -0.4 is 10.5 Å². The smallest absolute Gasteiger partial charge is 0.127 e. The van der Waals surface area contributed by atoms with Crippen LogP contribution in [0.4, 0.5) is 0 Å². The summed E-state index contributed by atoms with van der Waals surface area (Å²) >= 11 is 2.27. The van der Waals surface area contributed by atoms with Crippen molar-refractivity contribution in [3.8, 4) is 11.5 Å². The molecule has 2 aromatic carbocycles. The predicted octanol–water partition coefficient (Wildman–Crippen LogP) is 4.10. The average molecular weight is 339 g/mol. The van der Waals surface area contributed by atoms with Gasteiger partial charge in [-0.05, 0) is 71.5 Å². The molecule has 0 aliphatic rings. The van der Waals surface area contributed by atoms with Crippen LogP contribution in [0.5, 0.6) is 11.5 Å².